The van der Waals surface area contributed by atoms with Crippen molar-refractivity contribution in [1.82, 2.24) is 9.21 Å². The van der Waals surface area contributed by atoms with E-state index in [-0.39, 0.29) is 30.4 Å². The third kappa shape index (κ3) is 4.42. The second-order valence-electron chi connectivity index (χ2n) is 6.45. The summed E-state index contributed by atoms with van der Waals surface area (Å²) in [7, 11) is -6.83. The number of amides is 1. The van der Waals surface area contributed by atoms with Gasteiger partial charge in [0.05, 0.1) is 24.3 Å². The van der Waals surface area contributed by atoms with Crippen LogP contribution >= 0.6 is 0 Å². The zero-order valence-corrected chi connectivity index (χ0v) is 14.7. The highest BCUT2D eigenvalue weighted by Gasteiger charge is 2.38. The van der Waals surface area contributed by atoms with Crippen LogP contribution in [0.1, 0.15) is 26.2 Å². The molecule has 2 rings (SSSR count). The summed E-state index contributed by atoms with van der Waals surface area (Å²) in [6.45, 7) is 3.09. The number of likely N-dealkylation sites (tertiary alicyclic amines) is 1. The number of sulfone groups is 1. The molecule has 0 bridgehead atoms. The average molecular weight is 352 g/mol. The van der Waals surface area contributed by atoms with Crippen molar-refractivity contribution in [3.8, 4) is 0 Å². The van der Waals surface area contributed by atoms with Crippen molar-refractivity contribution in [1.29, 1.82) is 0 Å². The van der Waals surface area contributed by atoms with Crippen molar-refractivity contribution < 1.29 is 21.6 Å². The Bertz CT molecular complexity index is 629. The second-order valence-corrected chi connectivity index (χ2v) is 10.6. The van der Waals surface area contributed by atoms with Crippen LogP contribution in [-0.2, 0) is 24.7 Å². The Morgan fingerprint density at radius 3 is 2.50 bits per heavy atom. The highest BCUT2D eigenvalue weighted by molar-refractivity contribution is 7.92. The van der Waals surface area contributed by atoms with Crippen molar-refractivity contribution in [3.63, 3.8) is 0 Å². The summed E-state index contributed by atoms with van der Waals surface area (Å²) in [5.74, 6) is -0.0277. The molecule has 2 fully saturated rings. The van der Waals surface area contributed by atoms with E-state index in [2.05, 4.69) is 6.92 Å². The molecule has 2 aliphatic heterocycles. The SMILES string of the molecule is CC1CCCN(C(=O)CN(C2CCS(=O)(=O)C2)S(C)(=O)=O)C1. The van der Waals surface area contributed by atoms with Crippen LogP contribution in [0.15, 0.2) is 0 Å². The summed E-state index contributed by atoms with van der Waals surface area (Å²) in [4.78, 5) is 14.1. The molecule has 22 heavy (non-hydrogen) atoms. The third-order valence-electron chi connectivity index (χ3n) is 4.34. The predicted octanol–water partition coefficient (Wildman–Crippen LogP) is -0.306. The van der Waals surface area contributed by atoms with Crippen LogP contribution in [0.3, 0.4) is 0 Å². The van der Waals surface area contributed by atoms with Gasteiger partial charge in [-0.25, -0.2) is 16.8 Å². The van der Waals surface area contributed by atoms with Gasteiger partial charge in [0.2, 0.25) is 15.9 Å². The first-order valence-electron chi connectivity index (χ1n) is 7.53. The average Bonchev–Trinajstić information content (AvgIpc) is 2.74. The Morgan fingerprint density at radius 1 is 1.32 bits per heavy atom. The Kier molecular flexibility index (Phi) is 5.18. The van der Waals surface area contributed by atoms with E-state index in [4.69, 9.17) is 0 Å². The molecule has 9 heteroatoms. The summed E-state index contributed by atoms with van der Waals surface area (Å²) in [6, 6.07) is -0.619. The lowest BCUT2D eigenvalue weighted by Crippen LogP contribution is -2.49. The molecule has 0 aromatic heterocycles. The standard InChI is InChI=1S/C13H24N2O5S2/c1-11-4-3-6-14(8-11)13(16)9-15(21(2,17)18)12-5-7-22(19,20)10-12/h11-12H,3-10H2,1-2H3. The molecule has 2 atom stereocenters. The molecule has 0 spiro atoms. The molecule has 0 saturated carbocycles. The van der Waals surface area contributed by atoms with Crippen LogP contribution in [0.4, 0.5) is 0 Å². The lowest BCUT2D eigenvalue weighted by atomic mass is 10.0. The Hall–Kier alpha value is -0.670. The highest BCUT2D eigenvalue weighted by Crippen LogP contribution is 2.21. The van der Waals surface area contributed by atoms with Gasteiger partial charge < -0.3 is 4.90 Å². The molecule has 0 radical (unpaired) electrons. The third-order valence-corrected chi connectivity index (χ3v) is 7.37. The maximum absolute atomic E-state index is 12.4. The van der Waals surface area contributed by atoms with Crippen molar-refractivity contribution in [3.05, 3.63) is 0 Å². The highest BCUT2D eigenvalue weighted by atomic mass is 32.2. The van der Waals surface area contributed by atoms with Crippen molar-refractivity contribution in [2.75, 3.05) is 37.4 Å². The van der Waals surface area contributed by atoms with Crippen LogP contribution in [0, 0.1) is 5.92 Å². The topological polar surface area (TPSA) is 91.8 Å². The number of sulfonamides is 1. The van der Waals surface area contributed by atoms with E-state index in [1.807, 2.05) is 0 Å². The van der Waals surface area contributed by atoms with Gasteiger partial charge in [0, 0.05) is 19.1 Å². The molecule has 2 aliphatic rings. The number of rotatable bonds is 4. The predicted molar refractivity (Wildman–Crippen MR) is 83.6 cm³/mol. The number of hydrogen-bond acceptors (Lipinski definition) is 5. The lowest BCUT2D eigenvalue weighted by molar-refractivity contribution is -0.133. The van der Waals surface area contributed by atoms with Crippen LogP contribution in [0.2, 0.25) is 0 Å². The van der Waals surface area contributed by atoms with Gasteiger partial charge in [0.25, 0.3) is 0 Å². The van der Waals surface area contributed by atoms with E-state index in [1.165, 1.54) is 0 Å². The number of nitrogens with zero attached hydrogens (tertiary/aromatic N) is 2. The van der Waals surface area contributed by atoms with Crippen LogP contribution < -0.4 is 0 Å². The summed E-state index contributed by atoms with van der Waals surface area (Å²) >= 11 is 0. The summed E-state index contributed by atoms with van der Waals surface area (Å²) < 4.78 is 48.2. The second kappa shape index (κ2) is 6.45. The molecular formula is C13H24N2O5S2. The largest absolute Gasteiger partial charge is 0.341 e. The van der Waals surface area contributed by atoms with E-state index < -0.39 is 25.9 Å². The minimum Gasteiger partial charge on any atom is -0.341 e. The maximum atomic E-state index is 12.4. The van der Waals surface area contributed by atoms with Crippen molar-refractivity contribution >= 4 is 25.8 Å². The molecule has 2 heterocycles. The molecular weight excluding hydrogens is 328 g/mol. The van der Waals surface area contributed by atoms with E-state index in [0.717, 1.165) is 23.4 Å². The molecule has 7 nitrogen and oxygen atoms in total. The first-order chi connectivity index (χ1) is 10.1. The van der Waals surface area contributed by atoms with Crippen molar-refractivity contribution in [2.45, 2.75) is 32.2 Å². The number of carbonyl (C=O) groups is 1. The van der Waals surface area contributed by atoms with Gasteiger partial charge in [-0.15, -0.1) is 0 Å². The van der Waals surface area contributed by atoms with Gasteiger partial charge in [0.1, 0.15) is 0 Å². The molecule has 2 unspecified atom stereocenters. The van der Waals surface area contributed by atoms with Gasteiger partial charge in [-0.05, 0) is 25.2 Å². The molecule has 0 N–H and O–H groups in total. The Morgan fingerprint density at radius 2 is 2.00 bits per heavy atom. The summed E-state index contributed by atoms with van der Waals surface area (Å²) in [5, 5.41) is 0. The normalized spacial score (nSPS) is 29.0. The molecule has 2 saturated heterocycles. The lowest BCUT2D eigenvalue weighted by Gasteiger charge is -2.33. The van der Waals surface area contributed by atoms with Crippen LogP contribution in [0.25, 0.3) is 0 Å². The minimum atomic E-state index is -3.62. The molecule has 1 amide bonds. The zero-order valence-electron chi connectivity index (χ0n) is 13.1. The fourth-order valence-electron chi connectivity index (χ4n) is 3.17. The van der Waals surface area contributed by atoms with E-state index in [1.54, 1.807) is 4.90 Å². The fourth-order valence-corrected chi connectivity index (χ4v) is 6.06. The fraction of sp³-hybridized carbons (Fsp3) is 0.923. The van der Waals surface area contributed by atoms with Gasteiger partial charge >= 0.3 is 0 Å². The monoisotopic (exact) mass is 352 g/mol. The van der Waals surface area contributed by atoms with Gasteiger partial charge in [-0.1, -0.05) is 6.92 Å². The minimum absolute atomic E-state index is 0.0153. The number of piperidine rings is 1. The van der Waals surface area contributed by atoms with Crippen LogP contribution in [-0.4, -0.2) is 75.4 Å². The van der Waals surface area contributed by atoms with Gasteiger partial charge in [-0.2, -0.15) is 4.31 Å². The molecule has 0 aromatic carbocycles. The molecule has 0 aromatic rings. The van der Waals surface area contributed by atoms with Gasteiger partial charge in [0.15, 0.2) is 9.84 Å². The Balaban J connectivity index is 2.09. The number of hydrogen-bond donors (Lipinski definition) is 0. The zero-order chi connectivity index (χ0) is 16.5. The first-order valence-corrected chi connectivity index (χ1v) is 11.2. The number of carbonyl (C=O) groups excluding carboxylic acids is 1. The molecule has 0 aliphatic carbocycles. The van der Waals surface area contributed by atoms with Crippen LogP contribution in [0.5, 0.6) is 0 Å². The molecule has 128 valence electrons. The Labute approximate surface area is 132 Å². The van der Waals surface area contributed by atoms with Gasteiger partial charge in [-0.3, -0.25) is 4.79 Å². The quantitative estimate of drug-likeness (QED) is 0.692. The smallest absolute Gasteiger partial charge is 0.237 e. The van der Waals surface area contributed by atoms with E-state index in [0.29, 0.717) is 19.0 Å². The maximum Gasteiger partial charge on any atom is 0.237 e. The summed E-state index contributed by atoms with van der Waals surface area (Å²) in [6.07, 6.45) is 3.28. The summed E-state index contributed by atoms with van der Waals surface area (Å²) in [5.41, 5.74) is 0. The first kappa shape index (κ1) is 17.7. The van der Waals surface area contributed by atoms with E-state index in [9.17, 15) is 21.6 Å². The van der Waals surface area contributed by atoms with Crippen molar-refractivity contribution in [2.24, 2.45) is 5.92 Å². The van der Waals surface area contributed by atoms with E-state index >= 15 is 0 Å².